The van der Waals surface area contributed by atoms with Crippen molar-refractivity contribution in [3.8, 4) is 0 Å². The van der Waals surface area contributed by atoms with Crippen LogP contribution in [-0.2, 0) is 49.3 Å². The minimum Gasteiger partial charge on any atom is -0.468 e. The van der Waals surface area contributed by atoms with E-state index < -0.39 is 92.1 Å². The van der Waals surface area contributed by atoms with Crippen molar-refractivity contribution in [2.24, 2.45) is 11.8 Å². The number of H-pyrrole nitrogens is 1. The Kier molecular flexibility index (Phi) is 17.3. The number of ketones is 1. The predicted octanol–water partition coefficient (Wildman–Crippen LogP) is -0.941. The zero-order chi connectivity index (χ0) is 38.4. The van der Waals surface area contributed by atoms with Gasteiger partial charge in [-0.25, -0.2) is 4.98 Å². The van der Waals surface area contributed by atoms with Crippen LogP contribution in [0.1, 0.15) is 66.5 Å². The van der Waals surface area contributed by atoms with E-state index in [1.807, 2.05) is 13.8 Å². The molecule has 1 saturated heterocycles. The molecule has 8 atom stereocenters. The summed E-state index contributed by atoms with van der Waals surface area (Å²) in [5.41, 5.74) is 0.461. The van der Waals surface area contributed by atoms with E-state index in [0.29, 0.717) is 25.1 Å². The number of methoxy groups -OCH3 is 1. The van der Waals surface area contributed by atoms with E-state index in [2.05, 4.69) is 41.1 Å². The second-order valence-electron chi connectivity index (χ2n) is 13.2. The van der Waals surface area contributed by atoms with Crippen molar-refractivity contribution >= 4 is 49.2 Å². The van der Waals surface area contributed by atoms with Crippen LogP contribution in [0.25, 0.3) is 0 Å². The normalized spacial score (nSPS) is 18.0. The number of esters is 1. The average molecular weight is 740 g/mol. The highest BCUT2D eigenvalue weighted by atomic mass is 31.1. The lowest BCUT2D eigenvalue weighted by Crippen LogP contribution is -2.60. The Morgan fingerprint density at radius 2 is 1.61 bits per heavy atom. The topological polar surface area (TPSA) is 258 Å². The van der Waals surface area contributed by atoms with Crippen molar-refractivity contribution in [1.29, 1.82) is 0 Å². The third-order valence-corrected chi connectivity index (χ3v) is 9.96. The number of nitrogens with one attached hydrogen (secondary N) is 6. The fourth-order valence-electron chi connectivity index (χ4n) is 5.71. The van der Waals surface area contributed by atoms with E-state index in [0.717, 1.165) is 0 Å². The van der Waals surface area contributed by atoms with Gasteiger partial charge in [0.2, 0.25) is 29.5 Å². The van der Waals surface area contributed by atoms with Crippen molar-refractivity contribution in [3.63, 3.8) is 0 Å². The molecule has 0 spiro atoms. The van der Waals surface area contributed by atoms with E-state index in [1.54, 1.807) is 6.92 Å². The SMILES string of the molecule is COC(=O)[C@H](C)N[P+](=O)C[C@H](C)[C@H](NC(=O)[C@H](CO)NC(=O)[C@H](Cc1cnc[nH]1)NC(=O)[C@H](CC(C)C)NC(=O)[C@@H]1CCCN1C(C)=O)C(C)=O. The first-order valence-electron chi connectivity index (χ1n) is 16.8. The molecule has 0 aromatic carbocycles. The molecule has 1 aromatic heterocycles. The zero-order valence-corrected chi connectivity index (χ0v) is 31.1. The number of amides is 5. The number of aromatic amines is 1. The molecular weight excluding hydrogens is 687 g/mol. The first kappa shape index (κ1) is 42.9. The van der Waals surface area contributed by atoms with Gasteiger partial charge in [0.15, 0.2) is 11.9 Å². The maximum absolute atomic E-state index is 13.6. The summed E-state index contributed by atoms with van der Waals surface area (Å²) in [5.74, 6) is -5.01. The van der Waals surface area contributed by atoms with Gasteiger partial charge in [-0.1, -0.05) is 30.4 Å². The number of likely N-dealkylation sites (tertiary alicyclic amines) is 1. The maximum Gasteiger partial charge on any atom is 0.433 e. The molecule has 0 radical (unpaired) electrons. The summed E-state index contributed by atoms with van der Waals surface area (Å²) in [6, 6.07) is -6.67. The number of carbonyl (C=O) groups is 7. The molecule has 0 aliphatic carbocycles. The van der Waals surface area contributed by atoms with Gasteiger partial charge in [0, 0.05) is 37.7 Å². The van der Waals surface area contributed by atoms with Crippen molar-refractivity contribution in [3.05, 3.63) is 18.2 Å². The Balaban J connectivity index is 2.19. The van der Waals surface area contributed by atoms with E-state index in [-0.39, 0.29) is 30.8 Å². The summed E-state index contributed by atoms with van der Waals surface area (Å²) >= 11 is 0. The summed E-state index contributed by atoms with van der Waals surface area (Å²) in [4.78, 5) is 98.2. The van der Waals surface area contributed by atoms with Crippen molar-refractivity contribution in [2.75, 3.05) is 26.4 Å². The van der Waals surface area contributed by atoms with Crippen LogP contribution in [0.2, 0.25) is 0 Å². The lowest BCUT2D eigenvalue weighted by molar-refractivity contribution is -0.142. The predicted molar refractivity (Wildman–Crippen MR) is 184 cm³/mol. The Morgan fingerprint density at radius 1 is 0.980 bits per heavy atom. The summed E-state index contributed by atoms with van der Waals surface area (Å²) in [6.07, 6.45) is 3.93. The molecule has 2 rings (SSSR count). The third kappa shape index (κ3) is 13.4. The number of aliphatic hydroxyl groups is 1. The van der Waals surface area contributed by atoms with Crippen LogP contribution < -0.4 is 26.4 Å². The van der Waals surface area contributed by atoms with Gasteiger partial charge >= 0.3 is 13.9 Å². The van der Waals surface area contributed by atoms with Crippen LogP contribution >= 0.6 is 7.95 Å². The van der Waals surface area contributed by atoms with Gasteiger partial charge in [-0.15, -0.1) is 0 Å². The number of hydrogen-bond donors (Lipinski definition) is 7. The quantitative estimate of drug-likeness (QED) is 0.0632. The molecular formula is C32H52N8O10P+. The molecule has 1 fully saturated rings. The van der Waals surface area contributed by atoms with Gasteiger partial charge in [-0.2, -0.15) is 0 Å². The van der Waals surface area contributed by atoms with Crippen LogP contribution in [0, 0.1) is 11.8 Å². The Bertz CT molecular complexity index is 1410. The van der Waals surface area contributed by atoms with Crippen molar-refractivity contribution in [1.82, 2.24) is 41.2 Å². The molecule has 51 heavy (non-hydrogen) atoms. The number of carbonyl (C=O) groups excluding carboxylic acids is 7. The zero-order valence-electron chi connectivity index (χ0n) is 30.2. The summed E-state index contributed by atoms with van der Waals surface area (Å²) < 4.78 is 17.2. The molecule has 0 bridgehead atoms. The van der Waals surface area contributed by atoms with Crippen molar-refractivity contribution < 1.29 is 48.0 Å². The Morgan fingerprint density at radius 3 is 2.16 bits per heavy atom. The van der Waals surface area contributed by atoms with E-state index in [9.17, 15) is 43.2 Å². The lowest BCUT2D eigenvalue weighted by atomic mass is 10.00. The molecule has 7 N–H and O–H groups in total. The summed E-state index contributed by atoms with van der Waals surface area (Å²) in [5, 5.41) is 23.0. The Hall–Kier alpha value is -4.28. The summed E-state index contributed by atoms with van der Waals surface area (Å²) in [6.45, 7) is 8.91. The number of hydrogen-bond acceptors (Lipinski definition) is 11. The third-order valence-electron chi connectivity index (χ3n) is 8.38. The van der Waals surface area contributed by atoms with Crippen LogP contribution in [0.5, 0.6) is 0 Å². The molecule has 0 saturated carbocycles. The maximum atomic E-state index is 13.6. The largest absolute Gasteiger partial charge is 0.468 e. The van der Waals surface area contributed by atoms with Crippen LogP contribution in [0.3, 0.4) is 0 Å². The molecule has 2 heterocycles. The number of ether oxygens (including phenoxy) is 1. The minimum absolute atomic E-state index is 0.0438. The second kappa shape index (κ2) is 20.5. The van der Waals surface area contributed by atoms with Crippen LogP contribution in [0.4, 0.5) is 0 Å². The van der Waals surface area contributed by atoms with Gasteiger partial charge in [0.1, 0.15) is 30.2 Å². The molecule has 19 heteroatoms. The molecule has 1 aliphatic heterocycles. The van der Waals surface area contributed by atoms with Crippen LogP contribution in [0.15, 0.2) is 12.5 Å². The highest BCUT2D eigenvalue weighted by Crippen LogP contribution is 2.23. The molecule has 1 unspecified atom stereocenters. The van der Waals surface area contributed by atoms with Gasteiger partial charge in [0.25, 0.3) is 0 Å². The molecule has 284 valence electrons. The van der Waals surface area contributed by atoms with E-state index in [1.165, 1.54) is 45.3 Å². The molecule has 18 nitrogen and oxygen atoms in total. The molecule has 5 amide bonds. The van der Waals surface area contributed by atoms with Gasteiger partial charge in [-0.3, -0.25) is 33.6 Å². The van der Waals surface area contributed by atoms with E-state index in [4.69, 9.17) is 0 Å². The highest BCUT2D eigenvalue weighted by Gasteiger charge is 2.37. The second-order valence-corrected chi connectivity index (χ2v) is 14.5. The Labute approximate surface area is 298 Å². The first-order chi connectivity index (χ1) is 24.0. The number of imidazole rings is 1. The average Bonchev–Trinajstić information content (AvgIpc) is 3.77. The first-order valence-corrected chi connectivity index (χ1v) is 18.3. The fraction of sp³-hybridized carbons (Fsp3) is 0.688. The minimum atomic E-state index is -2.19. The van der Waals surface area contributed by atoms with Gasteiger partial charge in [-0.05, 0) is 39.0 Å². The van der Waals surface area contributed by atoms with Gasteiger partial charge < -0.3 is 41.0 Å². The summed E-state index contributed by atoms with van der Waals surface area (Å²) in [7, 11) is -1.00. The molecule has 1 aromatic rings. The fourth-order valence-corrected chi connectivity index (χ4v) is 7.09. The number of aromatic nitrogens is 2. The van der Waals surface area contributed by atoms with Crippen LogP contribution in [-0.4, -0.2) is 124 Å². The number of aliphatic hydroxyl groups excluding tert-OH is 1. The molecule has 1 aliphatic rings. The lowest BCUT2D eigenvalue weighted by Gasteiger charge is -2.28. The van der Waals surface area contributed by atoms with E-state index >= 15 is 0 Å². The monoisotopic (exact) mass is 739 g/mol. The number of nitrogens with zero attached hydrogens (tertiary/aromatic N) is 2. The number of Topliss-reactive ketones (excluding diaryl/α,β-unsaturated/α-hetero) is 1. The standard InChI is InChI=1S/C32H51N8O10P/c1-17(2)11-23(36-31(47)26-9-8-10-40(26)21(6)43)28(44)35-24(12-22-13-33-16-34-22)29(45)37-25(14-41)30(46)38-27(20(5)42)18(3)15-51(49)39-19(4)32(48)50-7/h13,16-19,23-27,41H,8-12,14-15H2,1-7H3,(H5-,33,34,35,36,37,38,39,44,45,46,47,49)/p+1/t18-,19-,23-,24-,25-,26-,27-/m0/s1. The smallest absolute Gasteiger partial charge is 0.433 e. The van der Waals surface area contributed by atoms with Gasteiger partial charge in [0.05, 0.1) is 26.1 Å². The van der Waals surface area contributed by atoms with Crippen molar-refractivity contribution in [2.45, 2.75) is 103 Å². The highest BCUT2D eigenvalue weighted by molar-refractivity contribution is 7.42. The number of rotatable bonds is 20.